The van der Waals surface area contributed by atoms with Crippen LogP contribution in [0.1, 0.15) is 33.1 Å². The molecule has 3 heteroatoms. The molecule has 1 heterocycles. The third-order valence-corrected chi connectivity index (χ3v) is 2.32. The molecule has 0 aromatic carbocycles. The predicted molar refractivity (Wildman–Crippen MR) is 46.7 cm³/mol. The fraction of sp³-hybridized carbons (Fsp3) is 0.889. The first-order chi connectivity index (χ1) is 5.61. The van der Waals surface area contributed by atoms with Crippen LogP contribution in [0.15, 0.2) is 0 Å². The van der Waals surface area contributed by atoms with Crippen LogP contribution < -0.4 is 0 Å². The van der Waals surface area contributed by atoms with Gasteiger partial charge in [-0.1, -0.05) is 0 Å². The molecule has 1 fully saturated rings. The predicted octanol–water partition coefficient (Wildman–Crippen LogP) is 0.768. The molecule has 0 spiro atoms. The highest BCUT2D eigenvalue weighted by atomic mass is 16.3. The normalized spacial score (nSPS) is 22.9. The van der Waals surface area contributed by atoms with Crippen molar-refractivity contribution in [3.05, 3.63) is 0 Å². The van der Waals surface area contributed by atoms with Gasteiger partial charge in [-0.15, -0.1) is 0 Å². The van der Waals surface area contributed by atoms with E-state index in [9.17, 15) is 4.79 Å². The number of hydrogen-bond donors (Lipinski definition) is 1. The second kappa shape index (κ2) is 3.90. The van der Waals surface area contributed by atoms with E-state index in [1.807, 2.05) is 11.8 Å². The van der Waals surface area contributed by atoms with Crippen LogP contribution in [0.3, 0.4) is 0 Å². The second-order valence-electron chi connectivity index (χ2n) is 3.62. The Bertz CT molecular complexity index is 168. The number of nitrogens with zero attached hydrogens (tertiary/aromatic N) is 1. The molecule has 12 heavy (non-hydrogen) atoms. The first-order valence-corrected chi connectivity index (χ1v) is 4.59. The Morgan fingerprint density at radius 2 is 2.25 bits per heavy atom. The summed E-state index contributed by atoms with van der Waals surface area (Å²) in [6.45, 7) is 4.62. The van der Waals surface area contributed by atoms with E-state index in [1.165, 1.54) is 0 Å². The number of rotatable bonds is 3. The number of likely N-dealkylation sites (tertiary alicyclic amines) is 1. The summed E-state index contributed by atoms with van der Waals surface area (Å²) in [4.78, 5) is 13.1. The lowest BCUT2D eigenvalue weighted by Gasteiger charge is -2.25. The maximum Gasteiger partial charge on any atom is 0.222 e. The Morgan fingerprint density at radius 3 is 2.67 bits per heavy atom. The number of carbonyl (C=O) groups is 1. The molecule has 1 N–H and O–H groups in total. The van der Waals surface area contributed by atoms with Crippen LogP contribution in [-0.4, -0.2) is 34.6 Å². The lowest BCUT2D eigenvalue weighted by molar-refractivity contribution is -0.129. The molecule has 3 nitrogen and oxygen atoms in total. The van der Waals surface area contributed by atoms with E-state index >= 15 is 0 Å². The summed E-state index contributed by atoms with van der Waals surface area (Å²) in [5.41, 5.74) is 0. The Hall–Kier alpha value is -0.570. The van der Waals surface area contributed by atoms with Crippen LogP contribution in [0, 0.1) is 0 Å². The monoisotopic (exact) mass is 171 g/mol. The molecule has 70 valence electrons. The Morgan fingerprint density at radius 1 is 1.58 bits per heavy atom. The van der Waals surface area contributed by atoms with Crippen molar-refractivity contribution < 1.29 is 9.90 Å². The summed E-state index contributed by atoms with van der Waals surface area (Å²) in [5.74, 6) is 0.239. The van der Waals surface area contributed by atoms with Crippen molar-refractivity contribution in [2.45, 2.75) is 45.3 Å². The van der Waals surface area contributed by atoms with Crippen molar-refractivity contribution in [2.75, 3.05) is 6.54 Å². The van der Waals surface area contributed by atoms with Gasteiger partial charge in [0.15, 0.2) is 0 Å². The molecule has 0 saturated carbocycles. The van der Waals surface area contributed by atoms with Crippen molar-refractivity contribution >= 4 is 5.91 Å². The van der Waals surface area contributed by atoms with Crippen LogP contribution in [0.25, 0.3) is 0 Å². The summed E-state index contributed by atoms with van der Waals surface area (Å²) in [5, 5.41) is 9.13. The fourth-order valence-corrected chi connectivity index (χ4v) is 1.76. The summed E-state index contributed by atoms with van der Waals surface area (Å²) in [6, 6.07) is 0.194. The van der Waals surface area contributed by atoms with E-state index in [0.717, 1.165) is 13.0 Å². The lowest BCUT2D eigenvalue weighted by atomic mass is 10.1. The quantitative estimate of drug-likeness (QED) is 0.681. The molecule has 0 aliphatic carbocycles. The molecular weight excluding hydrogens is 154 g/mol. The van der Waals surface area contributed by atoms with Crippen molar-refractivity contribution in [1.29, 1.82) is 0 Å². The minimum absolute atomic E-state index is 0.194. The Labute approximate surface area is 73.4 Å². The Kier molecular flexibility index (Phi) is 3.09. The molecule has 1 aliphatic heterocycles. The van der Waals surface area contributed by atoms with E-state index in [-0.39, 0.29) is 18.1 Å². The van der Waals surface area contributed by atoms with Crippen LogP contribution >= 0.6 is 0 Å². The molecular formula is C9H17NO2. The van der Waals surface area contributed by atoms with Crippen molar-refractivity contribution in [3.63, 3.8) is 0 Å². The van der Waals surface area contributed by atoms with Gasteiger partial charge in [-0.2, -0.15) is 0 Å². The van der Waals surface area contributed by atoms with Crippen molar-refractivity contribution in [3.8, 4) is 0 Å². The third-order valence-electron chi connectivity index (χ3n) is 2.32. The average Bonchev–Trinajstić information content (AvgIpc) is 2.33. The van der Waals surface area contributed by atoms with Gasteiger partial charge in [0.2, 0.25) is 5.91 Å². The zero-order valence-electron chi connectivity index (χ0n) is 7.79. The maximum atomic E-state index is 11.2. The smallest absolute Gasteiger partial charge is 0.222 e. The SMILES string of the molecule is CC(O)CC(C)N1CCCC1=O. The number of carbonyl (C=O) groups excluding carboxylic acids is 1. The van der Waals surface area contributed by atoms with Gasteiger partial charge in [0, 0.05) is 19.0 Å². The molecule has 1 rings (SSSR count). The van der Waals surface area contributed by atoms with Gasteiger partial charge in [0.1, 0.15) is 0 Å². The molecule has 1 saturated heterocycles. The van der Waals surface area contributed by atoms with Crippen molar-refractivity contribution in [1.82, 2.24) is 4.90 Å². The first-order valence-electron chi connectivity index (χ1n) is 4.59. The minimum atomic E-state index is -0.312. The largest absolute Gasteiger partial charge is 0.393 e. The number of aliphatic hydroxyl groups is 1. The number of hydrogen-bond acceptors (Lipinski definition) is 2. The van der Waals surface area contributed by atoms with Gasteiger partial charge in [0.25, 0.3) is 0 Å². The molecule has 0 bridgehead atoms. The van der Waals surface area contributed by atoms with E-state index in [4.69, 9.17) is 5.11 Å². The maximum absolute atomic E-state index is 11.2. The van der Waals surface area contributed by atoms with E-state index in [1.54, 1.807) is 6.92 Å². The average molecular weight is 171 g/mol. The highest BCUT2D eigenvalue weighted by Gasteiger charge is 2.25. The topological polar surface area (TPSA) is 40.5 Å². The molecule has 2 atom stereocenters. The van der Waals surface area contributed by atoms with Gasteiger partial charge in [-0.05, 0) is 26.7 Å². The van der Waals surface area contributed by atoms with E-state index < -0.39 is 0 Å². The molecule has 0 aromatic rings. The summed E-state index contributed by atoms with van der Waals surface area (Å²) < 4.78 is 0. The molecule has 0 radical (unpaired) electrons. The highest BCUT2D eigenvalue weighted by molar-refractivity contribution is 5.78. The van der Waals surface area contributed by atoms with Crippen LogP contribution in [0.4, 0.5) is 0 Å². The Balaban J connectivity index is 2.40. The summed E-state index contributed by atoms with van der Waals surface area (Å²) in [6.07, 6.45) is 2.03. The molecule has 1 aliphatic rings. The van der Waals surface area contributed by atoms with E-state index in [0.29, 0.717) is 12.8 Å². The molecule has 2 unspecified atom stereocenters. The molecule has 0 aromatic heterocycles. The van der Waals surface area contributed by atoms with E-state index in [2.05, 4.69) is 0 Å². The third kappa shape index (κ3) is 2.21. The van der Waals surface area contributed by atoms with Gasteiger partial charge >= 0.3 is 0 Å². The van der Waals surface area contributed by atoms with Crippen LogP contribution in [0.2, 0.25) is 0 Å². The zero-order chi connectivity index (χ0) is 9.14. The summed E-state index contributed by atoms with van der Waals surface area (Å²) in [7, 11) is 0. The number of amides is 1. The van der Waals surface area contributed by atoms with Gasteiger partial charge in [-0.3, -0.25) is 4.79 Å². The van der Waals surface area contributed by atoms with Gasteiger partial charge in [-0.25, -0.2) is 0 Å². The standard InChI is InChI=1S/C9H17NO2/c1-7(6-8(2)11)10-5-3-4-9(10)12/h7-8,11H,3-6H2,1-2H3. The minimum Gasteiger partial charge on any atom is -0.393 e. The lowest BCUT2D eigenvalue weighted by Crippen LogP contribution is -2.35. The second-order valence-corrected chi connectivity index (χ2v) is 3.62. The van der Waals surface area contributed by atoms with Gasteiger partial charge < -0.3 is 10.0 Å². The van der Waals surface area contributed by atoms with Crippen molar-refractivity contribution in [2.24, 2.45) is 0 Å². The first kappa shape index (κ1) is 9.52. The zero-order valence-corrected chi connectivity index (χ0v) is 7.79. The van der Waals surface area contributed by atoms with Gasteiger partial charge in [0.05, 0.1) is 6.10 Å². The highest BCUT2D eigenvalue weighted by Crippen LogP contribution is 2.16. The summed E-state index contributed by atoms with van der Waals surface area (Å²) >= 11 is 0. The fourth-order valence-electron chi connectivity index (χ4n) is 1.76. The molecule has 1 amide bonds. The number of aliphatic hydroxyl groups excluding tert-OH is 1. The van der Waals surface area contributed by atoms with Crippen LogP contribution in [-0.2, 0) is 4.79 Å². The van der Waals surface area contributed by atoms with Crippen LogP contribution in [0.5, 0.6) is 0 Å².